The number of nitrogens with zero attached hydrogens (tertiary/aromatic N) is 1. The average Bonchev–Trinajstić information content (AvgIpc) is 2.38. The second kappa shape index (κ2) is 6.39. The lowest BCUT2D eigenvalue weighted by Gasteiger charge is -2.41. The molecule has 2 atom stereocenters. The molecule has 2 unspecified atom stereocenters. The van der Waals surface area contributed by atoms with E-state index in [0.29, 0.717) is 23.4 Å². The molecular weight excluding hydrogens is 270 g/mol. The van der Waals surface area contributed by atoms with Crippen LogP contribution in [-0.4, -0.2) is 41.5 Å². The van der Waals surface area contributed by atoms with Crippen molar-refractivity contribution < 1.29 is 4.79 Å². The summed E-state index contributed by atoms with van der Waals surface area (Å²) >= 11 is 5.11. The van der Waals surface area contributed by atoms with Crippen LogP contribution >= 0.6 is 12.2 Å². The Labute approximate surface area is 127 Å². The van der Waals surface area contributed by atoms with Crippen LogP contribution in [0, 0.1) is 11.3 Å². The largest absolute Gasteiger partial charge is 0.393 e. The van der Waals surface area contributed by atoms with E-state index in [4.69, 9.17) is 18.0 Å². The fourth-order valence-electron chi connectivity index (χ4n) is 3.26. The Hall–Kier alpha value is -0.680. The maximum atomic E-state index is 11.4. The van der Waals surface area contributed by atoms with Crippen LogP contribution in [-0.2, 0) is 4.79 Å². The van der Waals surface area contributed by atoms with Crippen molar-refractivity contribution in [3.05, 3.63) is 0 Å². The van der Waals surface area contributed by atoms with E-state index >= 15 is 0 Å². The number of nitrogens with two attached hydrogens (primary N) is 1. The topological polar surface area (TPSA) is 58.4 Å². The van der Waals surface area contributed by atoms with E-state index < -0.39 is 0 Å². The van der Waals surface area contributed by atoms with Crippen molar-refractivity contribution in [2.45, 2.75) is 52.0 Å². The third kappa shape index (κ3) is 3.92. The number of hydrogen-bond acceptors (Lipinski definition) is 3. The van der Waals surface area contributed by atoms with Crippen LogP contribution in [0.3, 0.4) is 0 Å². The van der Waals surface area contributed by atoms with E-state index in [1.165, 1.54) is 0 Å². The molecule has 0 aromatic rings. The van der Waals surface area contributed by atoms with Gasteiger partial charge in [0.05, 0.1) is 4.99 Å². The summed E-state index contributed by atoms with van der Waals surface area (Å²) in [6.45, 7) is 7.58. The molecule has 2 aliphatic heterocycles. The highest BCUT2D eigenvalue weighted by atomic mass is 32.1. The lowest BCUT2D eigenvalue weighted by atomic mass is 9.84. The molecule has 0 saturated carbocycles. The predicted molar refractivity (Wildman–Crippen MR) is 85.5 cm³/mol. The molecule has 2 heterocycles. The molecule has 0 spiro atoms. The molecule has 20 heavy (non-hydrogen) atoms. The van der Waals surface area contributed by atoms with Crippen LogP contribution in [0.5, 0.6) is 0 Å². The molecular formula is C15H27N3OS. The first kappa shape index (κ1) is 15.7. The van der Waals surface area contributed by atoms with Gasteiger partial charge in [-0.05, 0) is 38.1 Å². The zero-order valence-electron chi connectivity index (χ0n) is 12.7. The van der Waals surface area contributed by atoms with Crippen molar-refractivity contribution in [3.8, 4) is 0 Å². The maximum absolute atomic E-state index is 11.4. The van der Waals surface area contributed by atoms with Crippen molar-refractivity contribution >= 4 is 23.1 Å². The minimum absolute atomic E-state index is 0.0352. The van der Waals surface area contributed by atoms with Gasteiger partial charge in [0.1, 0.15) is 0 Å². The minimum Gasteiger partial charge on any atom is -0.393 e. The minimum atomic E-state index is -0.0352. The summed E-state index contributed by atoms with van der Waals surface area (Å²) in [6.07, 6.45) is 5.02. The number of hydrogen-bond donors (Lipinski definition) is 2. The molecule has 0 aromatic heterocycles. The lowest BCUT2D eigenvalue weighted by molar-refractivity contribution is -0.125. The van der Waals surface area contributed by atoms with Crippen molar-refractivity contribution in [2.75, 3.05) is 19.6 Å². The van der Waals surface area contributed by atoms with Gasteiger partial charge in [-0.15, -0.1) is 0 Å². The predicted octanol–water partition coefficient (Wildman–Crippen LogP) is 1.68. The second-order valence-electron chi connectivity index (χ2n) is 6.91. The Bertz CT molecular complexity index is 383. The van der Waals surface area contributed by atoms with E-state index in [2.05, 4.69) is 24.1 Å². The molecule has 2 rings (SSSR count). The molecule has 4 nitrogen and oxygen atoms in total. The summed E-state index contributed by atoms with van der Waals surface area (Å²) in [5, 5.41) is 3.13. The number of fused-ring (bicyclic) bond motifs is 1. The van der Waals surface area contributed by atoms with Gasteiger partial charge in [0, 0.05) is 31.0 Å². The smallest absolute Gasteiger partial charge is 0.220 e. The van der Waals surface area contributed by atoms with Gasteiger partial charge in [-0.1, -0.05) is 26.1 Å². The highest BCUT2D eigenvalue weighted by molar-refractivity contribution is 7.80. The van der Waals surface area contributed by atoms with Crippen molar-refractivity contribution in [2.24, 2.45) is 17.1 Å². The van der Waals surface area contributed by atoms with Gasteiger partial charge in [0.15, 0.2) is 0 Å². The molecule has 2 aliphatic rings. The Kier molecular flexibility index (Phi) is 5.02. The molecule has 0 bridgehead atoms. The molecule has 0 radical (unpaired) electrons. The van der Waals surface area contributed by atoms with Gasteiger partial charge in [-0.25, -0.2) is 0 Å². The number of likely N-dealkylation sites (tertiary alicyclic amines) is 1. The number of rotatable bonds is 5. The summed E-state index contributed by atoms with van der Waals surface area (Å²) in [6, 6.07) is 0.417. The SMILES string of the molecule is CC(C)(CCCN1CCC2NC(=O)CCC2C1)C(N)=S. The number of piperidine rings is 2. The Morgan fingerprint density at radius 1 is 1.50 bits per heavy atom. The molecule has 0 aliphatic carbocycles. The number of amides is 1. The Morgan fingerprint density at radius 2 is 2.25 bits per heavy atom. The lowest BCUT2D eigenvalue weighted by Crippen LogP contribution is -2.54. The summed E-state index contributed by atoms with van der Waals surface area (Å²) in [7, 11) is 0. The van der Waals surface area contributed by atoms with E-state index in [-0.39, 0.29) is 11.3 Å². The van der Waals surface area contributed by atoms with E-state index in [0.717, 1.165) is 45.3 Å². The van der Waals surface area contributed by atoms with E-state index in [1.807, 2.05) is 0 Å². The van der Waals surface area contributed by atoms with Crippen LogP contribution in [0.4, 0.5) is 0 Å². The van der Waals surface area contributed by atoms with E-state index in [9.17, 15) is 4.79 Å². The zero-order valence-corrected chi connectivity index (χ0v) is 13.5. The van der Waals surface area contributed by atoms with Crippen molar-refractivity contribution in [3.63, 3.8) is 0 Å². The number of carbonyl (C=O) groups excluding carboxylic acids is 1. The number of thiocarbonyl (C=S) groups is 1. The van der Waals surface area contributed by atoms with Gasteiger partial charge < -0.3 is 16.0 Å². The first-order valence-electron chi connectivity index (χ1n) is 7.70. The summed E-state index contributed by atoms with van der Waals surface area (Å²) in [5.74, 6) is 0.878. The molecule has 114 valence electrons. The van der Waals surface area contributed by atoms with Crippen LogP contribution < -0.4 is 11.1 Å². The summed E-state index contributed by atoms with van der Waals surface area (Å²) in [5.41, 5.74) is 5.73. The number of carbonyl (C=O) groups is 1. The Morgan fingerprint density at radius 3 is 2.95 bits per heavy atom. The van der Waals surface area contributed by atoms with Crippen LogP contribution in [0.1, 0.15) is 46.0 Å². The van der Waals surface area contributed by atoms with Crippen molar-refractivity contribution in [1.82, 2.24) is 10.2 Å². The average molecular weight is 297 g/mol. The summed E-state index contributed by atoms with van der Waals surface area (Å²) in [4.78, 5) is 14.5. The fourth-order valence-corrected chi connectivity index (χ4v) is 3.36. The first-order valence-corrected chi connectivity index (χ1v) is 8.11. The van der Waals surface area contributed by atoms with Gasteiger partial charge in [0.2, 0.25) is 5.91 Å². The molecule has 5 heteroatoms. The standard InChI is InChI=1S/C15H27N3OS/c1-15(2,14(16)20)7-3-8-18-9-6-12-11(10-18)4-5-13(19)17-12/h11-12H,3-10H2,1-2H3,(H2,16,20)(H,17,19). The van der Waals surface area contributed by atoms with Gasteiger partial charge >= 0.3 is 0 Å². The maximum Gasteiger partial charge on any atom is 0.220 e. The van der Waals surface area contributed by atoms with Gasteiger partial charge in [-0.2, -0.15) is 0 Å². The molecule has 1 amide bonds. The quantitative estimate of drug-likeness (QED) is 0.758. The zero-order chi connectivity index (χ0) is 14.8. The third-order valence-corrected chi connectivity index (χ3v) is 5.40. The highest BCUT2D eigenvalue weighted by Crippen LogP contribution is 2.27. The van der Waals surface area contributed by atoms with Crippen LogP contribution in [0.15, 0.2) is 0 Å². The second-order valence-corrected chi connectivity index (χ2v) is 7.35. The monoisotopic (exact) mass is 297 g/mol. The highest BCUT2D eigenvalue weighted by Gasteiger charge is 2.33. The third-order valence-electron chi connectivity index (χ3n) is 4.85. The first-order chi connectivity index (χ1) is 9.38. The van der Waals surface area contributed by atoms with Crippen LogP contribution in [0.2, 0.25) is 0 Å². The number of nitrogens with one attached hydrogen (secondary N) is 1. The molecule has 0 aromatic carbocycles. The fraction of sp³-hybridized carbons (Fsp3) is 0.867. The van der Waals surface area contributed by atoms with Crippen LogP contribution in [0.25, 0.3) is 0 Å². The normalized spacial score (nSPS) is 27.8. The molecule has 2 fully saturated rings. The Balaban J connectivity index is 1.73. The molecule has 3 N–H and O–H groups in total. The summed E-state index contributed by atoms with van der Waals surface area (Å²) < 4.78 is 0. The van der Waals surface area contributed by atoms with E-state index in [1.54, 1.807) is 0 Å². The van der Waals surface area contributed by atoms with Crippen molar-refractivity contribution in [1.29, 1.82) is 0 Å². The van der Waals surface area contributed by atoms with Gasteiger partial charge in [-0.3, -0.25) is 4.79 Å². The van der Waals surface area contributed by atoms with Gasteiger partial charge in [0.25, 0.3) is 0 Å². The molecule has 2 saturated heterocycles.